The van der Waals surface area contributed by atoms with E-state index in [4.69, 9.17) is 4.74 Å². The fraction of sp³-hybridized carbons (Fsp3) is 0.231. The number of carbonyl (C=O) groups is 2. The van der Waals surface area contributed by atoms with Gasteiger partial charge in [-0.25, -0.2) is 8.42 Å². The Balaban J connectivity index is 1.32. The largest absolute Gasteiger partial charge is 0.455 e. The van der Waals surface area contributed by atoms with Crippen molar-refractivity contribution in [2.75, 3.05) is 38.0 Å². The van der Waals surface area contributed by atoms with Crippen molar-refractivity contribution in [2.24, 2.45) is 0 Å². The van der Waals surface area contributed by atoms with E-state index in [0.717, 1.165) is 0 Å². The number of sulfonamides is 1. The van der Waals surface area contributed by atoms with Crippen LogP contribution < -0.4 is 10.1 Å². The van der Waals surface area contributed by atoms with E-state index in [-0.39, 0.29) is 36.2 Å². The fourth-order valence-corrected chi connectivity index (χ4v) is 5.23. The molecule has 1 saturated heterocycles. The Morgan fingerprint density at radius 2 is 1.49 bits per heavy atom. The predicted octanol–water partition coefficient (Wildman–Crippen LogP) is 3.63. The Kier molecular flexibility index (Phi) is 7.60. The third-order valence-electron chi connectivity index (χ3n) is 5.73. The minimum absolute atomic E-state index is 0.116. The molecule has 8 nitrogen and oxygen atoms in total. The summed E-state index contributed by atoms with van der Waals surface area (Å²) >= 11 is 0. The van der Waals surface area contributed by atoms with Gasteiger partial charge in [0, 0.05) is 31.7 Å². The van der Waals surface area contributed by atoms with E-state index >= 15 is 0 Å². The van der Waals surface area contributed by atoms with Crippen LogP contribution in [0.4, 0.5) is 5.69 Å². The summed E-state index contributed by atoms with van der Waals surface area (Å²) < 4.78 is 33.2. The lowest BCUT2D eigenvalue weighted by Gasteiger charge is -2.33. The number of piperazine rings is 1. The minimum Gasteiger partial charge on any atom is -0.455 e. The molecule has 0 unspecified atom stereocenters. The number of rotatable bonds is 8. The molecule has 9 heteroatoms. The number of Topliss-reactive ketones (excluding diaryl/α,β-unsaturated/α-hetero) is 1. The highest BCUT2D eigenvalue weighted by Gasteiger charge is 2.29. The number of ether oxygens (including phenoxy) is 1. The molecule has 0 aromatic heterocycles. The van der Waals surface area contributed by atoms with Crippen molar-refractivity contribution in [1.82, 2.24) is 9.21 Å². The van der Waals surface area contributed by atoms with E-state index in [1.165, 1.54) is 35.5 Å². The molecule has 0 saturated carbocycles. The molecule has 0 aliphatic carbocycles. The van der Waals surface area contributed by atoms with E-state index in [1.54, 1.807) is 12.1 Å². The quantitative estimate of drug-likeness (QED) is 0.482. The zero-order chi connectivity index (χ0) is 24.8. The van der Waals surface area contributed by atoms with Crippen molar-refractivity contribution in [3.05, 3.63) is 84.4 Å². The summed E-state index contributed by atoms with van der Waals surface area (Å²) in [6.07, 6.45) is 0. The van der Waals surface area contributed by atoms with Crippen LogP contribution >= 0.6 is 0 Å². The average Bonchev–Trinajstić information content (AvgIpc) is 2.86. The molecule has 0 radical (unpaired) electrons. The topological polar surface area (TPSA) is 96.0 Å². The van der Waals surface area contributed by atoms with Gasteiger partial charge in [-0.1, -0.05) is 42.5 Å². The van der Waals surface area contributed by atoms with Crippen LogP contribution in [-0.2, 0) is 14.8 Å². The van der Waals surface area contributed by atoms with Crippen LogP contribution in [-0.4, -0.2) is 62.0 Å². The van der Waals surface area contributed by atoms with Crippen LogP contribution in [0.5, 0.6) is 11.5 Å². The summed E-state index contributed by atoms with van der Waals surface area (Å²) in [5.41, 5.74) is 1.03. The number of nitrogens with zero attached hydrogens (tertiary/aromatic N) is 2. The van der Waals surface area contributed by atoms with Gasteiger partial charge in [-0.05, 0) is 43.3 Å². The number of hydrogen-bond donors (Lipinski definition) is 1. The van der Waals surface area contributed by atoms with E-state index in [9.17, 15) is 18.0 Å². The Labute approximate surface area is 205 Å². The van der Waals surface area contributed by atoms with Gasteiger partial charge in [0.1, 0.15) is 5.75 Å². The first-order valence-electron chi connectivity index (χ1n) is 11.3. The molecule has 0 bridgehead atoms. The summed E-state index contributed by atoms with van der Waals surface area (Å²) in [5, 5.41) is 2.89. The fourth-order valence-electron chi connectivity index (χ4n) is 3.81. The first-order valence-corrected chi connectivity index (χ1v) is 12.7. The molecule has 0 spiro atoms. The highest BCUT2D eigenvalue weighted by atomic mass is 32.2. The van der Waals surface area contributed by atoms with Crippen LogP contribution in [0.25, 0.3) is 0 Å². The number of nitrogens with one attached hydrogen (secondary N) is 1. The summed E-state index contributed by atoms with van der Waals surface area (Å²) in [6.45, 7) is 2.99. The van der Waals surface area contributed by atoms with Gasteiger partial charge in [-0.3, -0.25) is 14.5 Å². The third-order valence-corrected chi connectivity index (χ3v) is 7.64. The van der Waals surface area contributed by atoms with Gasteiger partial charge in [0.2, 0.25) is 15.9 Å². The lowest BCUT2D eigenvalue weighted by atomic mass is 10.2. The van der Waals surface area contributed by atoms with Gasteiger partial charge in [0.25, 0.3) is 0 Å². The molecular weight excluding hydrogens is 466 g/mol. The van der Waals surface area contributed by atoms with Crippen molar-refractivity contribution >= 4 is 27.4 Å². The molecule has 1 heterocycles. The molecule has 4 rings (SSSR count). The van der Waals surface area contributed by atoms with Gasteiger partial charge in [0.05, 0.1) is 17.1 Å². The number of para-hydroxylation sites is 3. The zero-order valence-corrected chi connectivity index (χ0v) is 20.2. The Morgan fingerprint density at radius 3 is 2.14 bits per heavy atom. The van der Waals surface area contributed by atoms with E-state index < -0.39 is 10.0 Å². The predicted molar refractivity (Wildman–Crippen MR) is 133 cm³/mol. The SMILES string of the molecule is CC(=O)c1ccc(S(=O)(=O)N2CCN(CC(=O)Nc3ccccc3Oc3ccccc3)CC2)cc1. The highest BCUT2D eigenvalue weighted by Crippen LogP contribution is 2.29. The van der Waals surface area contributed by atoms with Crippen molar-refractivity contribution in [3.8, 4) is 11.5 Å². The maximum atomic E-state index is 13.0. The maximum absolute atomic E-state index is 13.0. The monoisotopic (exact) mass is 493 g/mol. The molecule has 1 amide bonds. The number of amides is 1. The number of ketones is 1. The lowest BCUT2D eigenvalue weighted by molar-refractivity contribution is -0.117. The van der Waals surface area contributed by atoms with E-state index in [1.807, 2.05) is 47.4 Å². The number of anilines is 1. The molecule has 1 aliphatic heterocycles. The van der Waals surface area contributed by atoms with Crippen molar-refractivity contribution < 1.29 is 22.7 Å². The molecule has 0 atom stereocenters. The molecule has 1 aliphatic rings. The van der Waals surface area contributed by atoms with Crippen LogP contribution in [0.1, 0.15) is 17.3 Å². The van der Waals surface area contributed by atoms with E-state index in [0.29, 0.717) is 35.8 Å². The number of hydrogen-bond acceptors (Lipinski definition) is 6. The third kappa shape index (κ3) is 6.13. The standard InChI is InChI=1S/C26H27N3O5S/c1-20(30)21-11-13-23(14-12-21)35(32,33)29-17-15-28(16-18-29)19-26(31)27-24-9-5-6-10-25(24)34-22-7-3-2-4-8-22/h2-14H,15-19H2,1H3,(H,27,31). The molecular formula is C26H27N3O5S. The zero-order valence-electron chi connectivity index (χ0n) is 19.4. The van der Waals surface area contributed by atoms with Crippen molar-refractivity contribution in [3.63, 3.8) is 0 Å². The van der Waals surface area contributed by atoms with Gasteiger partial charge in [-0.2, -0.15) is 4.31 Å². The van der Waals surface area contributed by atoms with Gasteiger partial charge >= 0.3 is 0 Å². The normalized spacial score (nSPS) is 14.9. The molecule has 1 N–H and O–H groups in total. The second-order valence-corrected chi connectivity index (χ2v) is 10.2. The van der Waals surface area contributed by atoms with Crippen LogP contribution in [0.2, 0.25) is 0 Å². The Hall–Kier alpha value is -3.53. The Bertz CT molecular complexity index is 1290. The van der Waals surface area contributed by atoms with Gasteiger partial charge < -0.3 is 10.1 Å². The smallest absolute Gasteiger partial charge is 0.243 e. The molecule has 3 aromatic rings. The van der Waals surface area contributed by atoms with Crippen molar-refractivity contribution in [1.29, 1.82) is 0 Å². The average molecular weight is 494 g/mol. The van der Waals surface area contributed by atoms with Gasteiger partial charge in [-0.15, -0.1) is 0 Å². The summed E-state index contributed by atoms with van der Waals surface area (Å²) in [5.74, 6) is 0.890. The highest BCUT2D eigenvalue weighted by molar-refractivity contribution is 7.89. The Morgan fingerprint density at radius 1 is 0.857 bits per heavy atom. The summed E-state index contributed by atoms with van der Waals surface area (Å²) in [7, 11) is -3.66. The number of benzene rings is 3. The molecule has 35 heavy (non-hydrogen) atoms. The first-order chi connectivity index (χ1) is 16.8. The molecule has 3 aromatic carbocycles. The van der Waals surface area contributed by atoms with Crippen LogP contribution in [0, 0.1) is 0 Å². The molecule has 1 fully saturated rings. The second-order valence-electron chi connectivity index (χ2n) is 8.22. The first kappa shape index (κ1) is 24.6. The lowest BCUT2D eigenvalue weighted by Crippen LogP contribution is -2.50. The van der Waals surface area contributed by atoms with Crippen molar-refractivity contribution in [2.45, 2.75) is 11.8 Å². The molecule has 182 valence electrons. The minimum atomic E-state index is -3.66. The summed E-state index contributed by atoms with van der Waals surface area (Å²) in [4.78, 5) is 26.2. The second kappa shape index (κ2) is 10.8. The van der Waals surface area contributed by atoms with Crippen LogP contribution in [0.15, 0.2) is 83.8 Å². The van der Waals surface area contributed by atoms with E-state index in [2.05, 4.69) is 5.32 Å². The summed E-state index contributed by atoms with van der Waals surface area (Å²) in [6, 6.07) is 22.5. The van der Waals surface area contributed by atoms with Gasteiger partial charge in [0.15, 0.2) is 11.5 Å². The number of carbonyl (C=O) groups excluding carboxylic acids is 2. The van der Waals surface area contributed by atoms with Crippen LogP contribution in [0.3, 0.4) is 0 Å². The maximum Gasteiger partial charge on any atom is 0.243 e.